The van der Waals surface area contributed by atoms with Gasteiger partial charge in [-0.2, -0.15) is 0 Å². The number of carboxylic acid groups (broad SMARTS) is 1. The molecule has 1 aromatic rings. The number of pyridine rings is 1. The number of aldehydes is 1. The van der Waals surface area contributed by atoms with Gasteiger partial charge in [-0.1, -0.05) is 0 Å². The Hall–Kier alpha value is -1.91. The van der Waals surface area contributed by atoms with Crippen LogP contribution in [-0.4, -0.2) is 28.0 Å². The third kappa shape index (κ3) is 3.34. The van der Waals surface area contributed by atoms with Crippen LogP contribution in [0, 0.1) is 0 Å². The summed E-state index contributed by atoms with van der Waals surface area (Å²) in [6.45, 7) is 3.52. The van der Waals surface area contributed by atoms with Crippen molar-refractivity contribution in [2.75, 3.05) is 0 Å². The summed E-state index contributed by atoms with van der Waals surface area (Å²) in [6, 6.07) is 1.72. The molecule has 86 valence electrons. The zero-order valence-corrected chi connectivity index (χ0v) is 9.23. The highest BCUT2D eigenvalue weighted by Gasteiger charge is 2.21. The van der Waals surface area contributed by atoms with E-state index >= 15 is 0 Å². The average molecular weight is 222 g/mol. The Morgan fingerprint density at radius 1 is 1.62 bits per heavy atom. The molecular weight excluding hydrogens is 208 g/mol. The molecular formula is C11H14N2O3. The van der Waals surface area contributed by atoms with Crippen molar-refractivity contribution in [3.8, 4) is 0 Å². The number of nitrogens with one attached hydrogen (secondary N) is 1. The van der Waals surface area contributed by atoms with Gasteiger partial charge in [0.25, 0.3) is 0 Å². The molecule has 2 N–H and O–H groups in total. The molecule has 1 amide bonds. The average Bonchev–Trinajstić information content (AvgIpc) is 2.15. The molecule has 1 rings (SSSR count). The van der Waals surface area contributed by atoms with E-state index in [9.17, 15) is 9.59 Å². The van der Waals surface area contributed by atoms with Crippen LogP contribution in [0.4, 0.5) is 4.79 Å². The Bertz CT molecular complexity index is 402. The third-order valence-corrected chi connectivity index (χ3v) is 2.15. The predicted molar refractivity (Wildman–Crippen MR) is 58.6 cm³/mol. The first kappa shape index (κ1) is 12.2. The van der Waals surface area contributed by atoms with Crippen molar-refractivity contribution in [3.63, 3.8) is 0 Å². The molecule has 1 aromatic heterocycles. The van der Waals surface area contributed by atoms with Gasteiger partial charge in [0.1, 0.15) is 0 Å². The summed E-state index contributed by atoms with van der Waals surface area (Å²) in [5, 5.41) is 11.1. The van der Waals surface area contributed by atoms with E-state index in [2.05, 4.69) is 10.3 Å². The minimum atomic E-state index is -1.08. The maximum atomic E-state index is 10.8. The molecule has 0 aliphatic carbocycles. The standard InChI is InChI=1S/C11H14N2O3/c1-11(2,13-10(15)16)5-8-3-4-12-6-9(8)7-14/h3-4,6-7,13H,5H2,1-2H3,(H,15,16). The second-order valence-electron chi connectivity index (χ2n) is 4.18. The highest BCUT2D eigenvalue weighted by molar-refractivity contribution is 5.76. The topological polar surface area (TPSA) is 79.3 Å². The highest BCUT2D eigenvalue weighted by atomic mass is 16.4. The molecule has 0 saturated heterocycles. The SMILES string of the molecule is CC(C)(Cc1ccncc1C=O)NC(=O)O. The van der Waals surface area contributed by atoms with Crippen LogP contribution < -0.4 is 5.32 Å². The van der Waals surface area contributed by atoms with Crippen LogP contribution in [0.15, 0.2) is 18.5 Å². The molecule has 0 aliphatic rings. The lowest BCUT2D eigenvalue weighted by atomic mass is 9.93. The highest BCUT2D eigenvalue weighted by Crippen LogP contribution is 2.14. The predicted octanol–water partition coefficient (Wildman–Crippen LogP) is 1.48. The summed E-state index contributed by atoms with van der Waals surface area (Å²) in [4.78, 5) is 25.2. The quantitative estimate of drug-likeness (QED) is 0.756. The fourth-order valence-corrected chi connectivity index (χ4v) is 1.51. The van der Waals surface area contributed by atoms with E-state index in [0.717, 1.165) is 11.8 Å². The summed E-state index contributed by atoms with van der Waals surface area (Å²) in [7, 11) is 0. The van der Waals surface area contributed by atoms with Gasteiger partial charge in [0.15, 0.2) is 6.29 Å². The summed E-state index contributed by atoms with van der Waals surface area (Å²) >= 11 is 0. The zero-order chi connectivity index (χ0) is 12.2. The van der Waals surface area contributed by atoms with Gasteiger partial charge in [0.2, 0.25) is 0 Å². The summed E-state index contributed by atoms with van der Waals surface area (Å²) in [5.41, 5.74) is 0.650. The Kier molecular flexibility index (Phi) is 3.60. The van der Waals surface area contributed by atoms with Crippen molar-refractivity contribution in [1.29, 1.82) is 0 Å². The lowest BCUT2D eigenvalue weighted by molar-refractivity contribution is 0.112. The van der Waals surface area contributed by atoms with Gasteiger partial charge in [0.05, 0.1) is 0 Å². The van der Waals surface area contributed by atoms with Gasteiger partial charge in [0, 0.05) is 23.5 Å². The molecule has 0 fully saturated rings. The van der Waals surface area contributed by atoms with Crippen molar-refractivity contribution in [1.82, 2.24) is 10.3 Å². The molecule has 1 heterocycles. The summed E-state index contributed by atoms with van der Waals surface area (Å²) in [5.74, 6) is 0. The Morgan fingerprint density at radius 3 is 2.88 bits per heavy atom. The normalized spacial score (nSPS) is 10.9. The molecule has 0 atom stereocenters. The first-order valence-electron chi connectivity index (χ1n) is 4.84. The van der Waals surface area contributed by atoms with E-state index in [1.54, 1.807) is 26.1 Å². The number of nitrogens with zero attached hydrogens (tertiary/aromatic N) is 1. The van der Waals surface area contributed by atoms with Gasteiger partial charge in [-0.25, -0.2) is 4.79 Å². The van der Waals surface area contributed by atoms with Crippen molar-refractivity contribution >= 4 is 12.4 Å². The molecule has 5 nitrogen and oxygen atoms in total. The fraction of sp³-hybridized carbons (Fsp3) is 0.364. The number of amides is 1. The maximum Gasteiger partial charge on any atom is 0.405 e. The van der Waals surface area contributed by atoms with E-state index in [-0.39, 0.29) is 0 Å². The number of aromatic nitrogens is 1. The number of hydrogen-bond acceptors (Lipinski definition) is 3. The molecule has 0 spiro atoms. The number of hydrogen-bond donors (Lipinski definition) is 2. The molecule has 0 aliphatic heterocycles. The number of carbonyl (C=O) groups is 2. The van der Waals surface area contributed by atoms with Crippen molar-refractivity contribution < 1.29 is 14.7 Å². The van der Waals surface area contributed by atoms with E-state index in [0.29, 0.717) is 12.0 Å². The van der Waals surface area contributed by atoms with Crippen LogP contribution in [0.5, 0.6) is 0 Å². The minimum Gasteiger partial charge on any atom is -0.465 e. The molecule has 0 bridgehead atoms. The van der Waals surface area contributed by atoms with Crippen molar-refractivity contribution in [2.45, 2.75) is 25.8 Å². The van der Waals surface area contributed by atoms with Gasteiger partial charge in [-0.15, -0.1) is 0 Å². The molecule has 0 radical (unpaired) electrons. The van der Waals surface area contributed by atoms with Crippen LogP contribution in [0.3, 0.4) is 0 Å². The smallest absolute Gasteiger partial charge is 0.405 e. The van der Waals surface area contributed by atoms with Crippen LogP contribution in [0.1, 0.15) is 29.8 Å². The zero-order valence-electron chi connectivity index (χ0n) is 9.23. The second kappa shape index (κ2) is 4.74. The van der Waals surface area contributed by atoms with Crippen molar-refractivity contribution in [2.24, 2.45) is 0 Å². The minimum absolute atomic E-state index is 0.440. The maximum absolute atomic E-state index is 10.8. The Morgan fingerprint density at radius 2 is 2.31 bits per heavy atom. The summed E-state index contributed by atoms with van der Waals surface area (Å²) < 4.78 is 0. The number of carbonyl (C=O) groups excluding carboxylic acids is 1. The van der Waals surface area contributed by atoms with Crippen LogP contribution in [-0.2, 0) is 6.42 Å². The largest absolute Gasteiger partial charge is 0.465 e. The Labute approximate surface area is 93.5 Å². The lowest BCUT2D eigenvalue weighted by Crippen LogP contribution is -2.44. The number of rotatable bonds is 4. The fourth-order valence-electron chi connectivity index (χ4n) is 1.51. The van der Waals surface area contributed by atoms with Gasteiger partial charge < -0.3 is 10.4 Å². The van der Waals surface area contributed by atoms with E-state index < -0.39 is 11.6 Å². The lowest BCUT2D eigenvalue weighted by Gasteiger charge is -2.25. The molecule has 0 unspecified atom stereocenters. The second-order valence-corrected chi connectivity index (χ2v) is 4.18. The molecule has 0 saturated carbocycles. The summed E-state index contributed by atoms with van der Waals surface area (Å²) in [6.07, 6.45) is 3.14. The Balaban J connectivity index is 2.86. The van der Waals surface area contributed by atoms with Crippen molar-refractivity contribution in [3.05, 3.63) is 29.6 Å². The monoisotopic (exact) mass is 222 g/mol. The van der Waals surface area contributed by atoms with Crippen LogP contribution in [0.25, 0.3) is 0 Å². The van der Waals surface area contributed by atoms with Crippen LogP contribution >= 0.6 is 0 Å². The van der Waals surface area contributed by atoms with Gasteiger partial charge >= 0.3 is 6.09 Å². The molecule has 0 aromatic carbocycles. The van der Waals surface area contributed by atoms with Gasteiger partial charge in [-0.3, -0.25) is 9.78 Å². The van der Waals surface area contributed by atoms with E-state index in [1.807, 2.05) is 0 Å². The first-order valence-corrected chi connectivity index (χ1v) is 4.84. The first-order chi connectivity index (χ1) is 7.44. The van der Waals surface area contributed by atoms with Gasteiger partial charge in [-0.05, 0) is 31.9 Å². The van der Waals surface area contributed by atoms with Crippen LogP contribution in [0.2, 0.25) is 0 Å². The molecule has 5 heteroatoms. The van der Waals surface area contributed by atoms with E-state index in [4.69, 9.17) is 5.11 Å². The third-order valence-electron chi connectivity index (χ3n) is 2.15. The van der Waals surface area contributed by atoms with E-state index in [1.165, 1.54) is 6.20 Å². The molecule has 16 heavy (non-hydrogen) atoms.